The predicted molar refractivity (Wildman–Crippen MR) is 81.6 cm³/mol. The molecule has 0 saturated carbocycles. The van der Waals surface area contributed by atoms with Gasteiger partial charge < -0.3 is 14.9 Å². The molecule has 0 aliphatic rings. The average molecular weight is 337 g/mol. The summed E-state index contributed by atoms with van der Waals surface area (Å²) in [5.74, 6) is 0.637. The monoisotopic (exact) mass is 336 g/mol. The fourth-order valence-corrected chi connectivity index (χ4v) is 2.40. The minimum absolute atomic E-state index is 0.0133. The summed E-state index contributed by atoms with van der Waals surface area (Å²) < 4.78 is 6.43. The van der Waals surface area contributed by atoms with Gasteiger partial charge in [0.2, 0.25) is 0 Å². The van der Waals surface area contributed by atoms with E-state index in [0.29, 0.717) is 5.75 Å². The van der Waals surface area contributed by atoms with Gasteiger partial charge in [0.05, 0.1) is 11.1 Å². The summed E-state index contributed by atoms with van der Waals surface area (Å²) in [4.78, 5) is 0. The third-order valence-electron chi connectivity index (χ3n) is 3.08. The molecule has 2 rings (SSSR count). The van der Waals surface area contributed by atoms with Crippen LogP contribution in [0.1, 0.15) is 18.1 Å². The Bertz CT molecular complexity index is 567. The third-order valence-corrected chi connectivity index (χ3v) is 3.70. The smallest absolute Gasteiger partial charge is 0.133 e. The fourth-order valence-electron chi connectivity index (χ4n) is 1.86. The molecule has 1 unspecified atom stereocenters. The Balaban J connectivity index is 2.08. The number of hydrogen-bond acceptors (Lipinski definition) is 3. The van der Waals surface area contributed by atoms with Crippen molar-refractivity contribution in [2.24, 2.45) is 0 Å². The van der Waals surface area contributed by atoms with Gasteiger partial charge in [-0.25, -0.2) is 0 Å². The van der Waals surface area contributed by atoms with Crippen molar-refractivity contribution >= 4 is 15.9 Å². The van der Waals surface area contributed by atoms with E-state index >= 15 is 0 Å². The molecule has 0 heterocycles. The molecule has 0 fully saturated rings. The van der Waals surface area contributed by atoms with Gasteiger partial charge >= 0.3 is 0 Å². The summed E-state index contributed by atoms with van der Waals surface area (Å²) >= 11 is 3.39. The van der Waals surface area contributed by atoms with Crippen molar-refractivity contribution in [3.05, 3.63) is 64.1 Å². The first kappa shape index (κ1) is 15.0. The van der Waals surface area contributed by atoms with Crippen LogP contribution in [0, 0.1) is 0 Å². The normalized spacial score (nSPS) is 13.8. The van der Waals surface area contributed by atoms with E-state index in [1.54, 1.807) is 25.1 Å². The molecule has 0 radical (unpaired) electrons. The Labute approximate surface area is 127 Å². The van der Waals surface area contributed by atoms with Gasteiger partial charge in [-0.2, -0.15) is 0 Å². The Kier molecular flexibility index (Phi) is 4.81. The summed E-state index contributed by atoms with van der Waals surface area (Å²) in [6.45, 7) is 1.85. The molecule has 0 amide bonds. The second-order valence-electron chi connectivity index (χ2n) is 4.85. The third kappa shape index (κ3) is 3.60. The largest absolute Gasteiger partial charge is 0.489 e. The fraction of sp³-hybridized carbons (Fsp3) is 0.250. The minimum atomic E-state index is -1.06. The first-order chi connectivity index (χ1) is 9.53. The van der Waals surface area contributed by atoms with Crippen molar-refractivity contribution in [1.82, 2.24) is 0 Å². The highest BCUT2D eigenvalue weighted by atomic mass is 79.9. The molecule has 1 atom stereocenters. The van der Waals surface area contributed by atoms with Gasteiger partial charge in [0, 0.05) is 0 Å². The van der Waals surface area contributed by atoms with Gasteiger partial charge in [-0.3, -0.25) is 0 Å². The van der Waals surface area contributed by atoms with Gasteiger partial charge in [0.25, 0.3) is 0 Å². The zero-order valence-electron chi connectivity index (χ0n) is 11.2. The average Bonchev–Trinajstić information content (AvgIpc) is 2.47. The van der Waals surface area contributed by atoms with E-state index < -0.39 is 5.60 Å². The van der Waals surface area contributed by atoms with E-state index in [0.717, 1.165) is 15.6 Å². The molecule has 2 N–H and O–H groups in total. The van der Waals surface area contributed by atoms with Crippen molar-refractivity contribution in [3.63, 3.8) is 0 Å². The number of rotatable bonds is 5. The van der Waals surface area contributed by atoms with Crippen LogP contribution >= 0.6 is 15.9 Å². The van der Waals surface area contributed by atoms with Crippen molar-refractivity contribution in [2.75, 3.05) is 6.61 Å². The number of aliphatic hydroxyl groups excluding tert-OH is 1. The maximum atomic E-state index is 10.5. The molecule has 0 aliphatic carbocycles. The van der Waals surface area contributed by atoms with Crippen LogP contribution in [0.4, 0.5) is 0 Å². The minimum Gasteiger partial charge on any atom is -0.489 e. The molecular formula is C16H17BrO3. The second kappa shape index (κ2) is 6.39. The highest BCUT2D eigenvalue weighted by molar-refractivity contribution is 9.10. The SMILES string of the molecule is CC(O)(COc1ccc(CO)cc1Br)c1ccccc1. The van der Waals surface area contributed by atoms with Crippen LogP contribution in [-0.2, 0) is 12.2 Å². The summed E-state index contributed by atoms with van der Waals surface area (Å²) in [6.07, 6.45) is 0. The van der Waals surface area contributed by atoms with E-state index in [1.165, 1.54) is 0 Å². The highest BCUT2D eigenvalue weighted by Gasteiger charge is 2.24. The van der Waals surface area contributed by atoms with E-state index in [9.17, 15) is 5.11 Å². The second-order valence-corrected chi connectivity index (χ2v) is 5.71. The Hall–Kier alpha value is -1.36. The first-order valence-electron chi connectivity index (χ1n) is 6.33. The number of halogens is 1. The molecule has 0 spiro atoms. The summed E-state index contributed by atoms with van der Waals surface area (Å²) in [5.41, 5.74) is 0.554. The zero-order valence-corrected chi connectivity index (χ0v) is 12.8. The van der Waals surface area contributed by atoms with Gasteiger partial charge in [-0.05, 0) is 46.1 Å². The van der Waals surface area contributed by atoms with E-state index in [4.69, 9.17) is 9.84 Å². The molecule has 20 heavy (non-hydrogen) atoms. The van der Waals surface area contributed by atoms with Gasteiger partial charge in [0.1, 0.15) is 18.0 Å². The van der Waals surface area contributed by atoms with Gasteiger partial charge in [-0.15, -0.1) is 0 Å². The van der Waals surface area contributed by atoms with Gasteiger partial charge in [-0.1, -0.05) is 36.4 Å². The molecular weight excluding hydrogens is 320 g/mol. The number of ether oxygens (including phenoxy) is 1. The Morgan fingerprint density at radius 1 is 1.15 bits per heavy atom. The molecule has 106 valence electrons. The van der Waals surface area contributed by atoms with Crippen LogP contribution in [-0.4, -0.2) is 16.8 Å². The summed E-state index contributed by atoms with van der Waals surface area (Å²) in [5, 5.41) is 19.5. The first-order valence-corrected chi connectivity index (χ1v) is 7.12. The summed E-state index contributed by atoms with van der Waals surface area (Å²) in [7, 11) is 0. The van der Waals surface area contributed by atoms with Crippen LogP contribution in [0.25, 0.3) is 0 Å². The highest BCUT2D eigenvalue weighted by Crippen LogP contribution is 2.28. The lowest BCUT2D eigenvalue weighted by atomic mass is 9.97. The molecule has 4 heteroatoms. The Morgan fingerprint density at radius 3 is 2.45 bits per heavy atom. The molecule has 0 saturated heterocycles. The zero-order chi connectivity index (χ0) is 14.6. The van der Waals surface area contributed by atoms with Crippen LogP contribution in [0.3, 0.4) is 0 Å². The molecule has 0 aromatic heterocycles. The quantitative estimate of drug-likeness (QED) is 0.881. The van der Waals surface area contributed by atoms with Crippen molar-refractivity contribution in [3.8, 4) is 5.75 Å². The van der Waals surface area contributed by atoms with Crippen molar-refractivity contribution < 1.29 is 14.9 Å². The molecule has 2 aromatic rings. The van der Waals surface area contributed by atoms with Gasteiger partial charge in [0.15, 0.2) is 0 Å². The van der Waals surface area contributed by atoms with E-state index in [2.05, 4.69) is 15.9 Å². The lowest BCUT2D eigenvalue weighted by Gasteiger charge is -2.24. The molecule has 0 aliphatic heterocycles. The van der Waals surface area contributed by atoms with E-state index in [-0.39, 0.29) is 13.2 Å². The Morgan fingerprint density at radius 2 is 1.85 bits per heavy atom. The molecule has 2 aromatic carbocycles. The number of benzene rings is 2. The number of aliphatic hydroxyl groups is 2. The predicted octanol–water partition coefficient (Wildman–Crippen LogP) is 3.23. The summed E-state index contributed by atoms with van der Waals surface area (Å²) in [6, 6.07) is 14.8. The van der Waals surface area contributed by atoms with Crippen molar-refractivity contribution in [2.45, 2.75) is 19.1 Å². The molecule has 0 bridgehead atoms. The van der Waals surface area contributed by atoms with Crippen LogP contribution < -0.4 is 4.74 Å². The van der Waals surface area contributed by atoms with E-state index in [1.807, 2.05) is 30.3 Å². The van der Waals surface area contributed by atoms with Crippen LogP contribution in [0.15, 0.2) is 53.0 Å². The topological polar surface area (TPSA) is 49.7 Å². The standard InChI is InChI=1S/C16H17BrO3/c1-16(19,13-5-3-2-4-6-13)11-20-15-8-7-12(10-18)9-14(15)17/h2-9,18-19H,10-11H2,1H3. The van der Waals surface area contributed by atoms with Crippen LogP contribution in [0.5, 0.6) is 5.75 Å². The van der Waals surface area contributed by atoms with Crippen molar-refractivity contribution in [1.29, 1.82) is 0 Å². The van der Waals surface area contributed by atoms with Crippen LogP contribution in [0.2, 0.25) is 0 Å². The lowest BCUT2D eigenvalue weighted by Crippen LogP contribution is -2.29. The maximum Gasteiger partial charge on any atom is 0.133 e. The maximum absolute atomic E-state index is 10.5. The number of hydrogen-bond donors (Lipinski definition) is 2. The lowest BCUT2D eigenvalue weighted by molar-refractivity contribution is 0.00734. The molecule has 3 nitrogen and oxygen atoms in total.